The summed E-state index contributed by atoms with van der Waals surface area (Å²) < 4.78 is 0. The number of H-pyrrole nitrogens is 1. The molecular formula is C10H12N4O3. The molecule has 1 rings (SSSR count). The number of amides is 1. The molecule has 2 unspecified atom stereocenters. The van der Waals surface area contributed by atoms with Crippen molar-refractivity contribution in [1.29, 1.82) is 0 Å². The standard InChI is InChI=1S/C10H12N4O3/c11-9(3-8-4-12-6-13-8)10(17)14-7(5-16)1-2-15/h4,6-7,9H,1,3,11H2,(H,12,13)(H,14,17). The van der Waals surface area contributed by atoms with E-state index in [4.69, 9.17) is 5.73 Å². The van der Waals surface area contributed by atoms with Gasteiger partial charge < -0.3 is 16.0 Å². The number of carbonyl (C=O) groups is 1. The number of hydrogen-bond acceptors (Lipinski definition) is 5. The second-order valence-corrected chi connectivity index (χ2v) is 3.40. The fraction of sp³-hybridized carbons (Fsp3) is 0.400. The van der Waals surface area contributed by atoms with Crippen LogP contribution in [0.25, 0.3) is 0 Å². The Bertz CT molecular complexity index is 377. The fourth-order valence-electron chi connectivity index (χ4n) is 1.20. The molecule has 1 aromatic rings. The molecule has 7 nitrogen and oxygen atoms in total. The Hall–Kier alpha value is -2.02. The minimum Gasteiger partial charge on any atom is -0.351 e. The molecule has 0 aromatic carbocycles. The van der Waals surface area contributed by atoms with Crippen molar-refractivity contribution in [3.63, 3.8) is 0 Å². The van der Waals surface area contributed by atoms with E-state index in [9.17, 15) is 14.4 Å². The van der Waals surface area contributed by atoms with Crippen LogP contribution in [0, 0.1) is 0 Å². The molecule has 4 N–H and O–H groups in total. The Morgan fingerprint density at radius 1 is 1.59 bits per heavy atom. The van der Waals surface area contributed by atoms with E-state index in [0.717, 1.165) is 0 Å². The van der Waals surface area contributed by atoms with Crippen LogP contribution < -0.4 is 11.1 Å². The van der Waals surface area contributed by atoms with E-state index in [1.807, 2.05) is 0 Å². The van der Waals surface area contributed by atoms with E-state index in [-0.39, 0.29) is 12.8 Å². The van der Waals surface area contributed by atoms with Gasteiger partial charge in [-0.1, -0.05) is 0 Å². The Kier molecular flexibility index (Phi) is 5.02. The molecule has 1 amide bonds. The van der Waals surface area contributed by atoms with Crippen LogP contribution in [0.1, 0.15) is 12.1 Å². The van der Waals surface area contributed by atoms with E-state index in [1.165, 1.54) is 18.9 Å². The number of aromatic nitrogens is 2. The van der Waals surface area contributed by atoms with Gasteiger partial charge in [-0.05, 0) is 0 Å². The first kappa shape index (κ1) is 13.0. The average molecular weight is 236 g/mol. The van der Waals surface area contributed by atoms with Crippen LogP contribution in [0.5, 0.6) is 0 Å². The second kappa shape index (κ2) is 6.54. The number of aromatic amines is 1. The van der Waals surface area contributed by atoms with Gasteiger partial charge in [0.25, 0.3) is 0 Å². The van der Waals surface area contributed by atoms with Gasteiger partial charge in [-0.3, -0.25) is 14.4 Å². The highest BCUT2D eigenvalue weighted by molar-refractivity contribution is 5.85. The lowest BCUT2D eigenvalue weighted by Gasteiger charge is -2.13. The topological polar surface area (TPSA) is 118 Å². The molecule has 17 heavy (non-hydrogen) atoms. The van der Waals surface area contributed by atoms with E-state index >= 15 is 0 Å². The number of imidazole rings is 1. The zero-order valence-electron chi connectivity index (χ0n) is 8.97. The number of hydrogen-bond donors (Lipinski definition) is 3. The van der Waals surface area contributed by atoms with Crippen LogP contribution in [0.2, 0.25) is 0 Å². The summed E-state index contributed by atoms with van der Waals surface area (Å²) in [5.41, 5.74) is 6.25. The number of nitrogens with zero attached hydrogens (tertiary/aromatic N) is 1. The lowest BCUT2D eigenvalue weighted by atomic mass is 10.1. The van der Waals surface area contributed by atoms with Crippen molar-refractivity contribution in [2.45, 2.75) is 24.9 Å². The van der Waals surface area contributed by atoms with Gasteiger partial charge in [0.05, 0.1) is 18.1 Å². The molecule has 7 heteroatoms. The Morgan fingerprint density at radius 2 is 2.35 bits per heavy atom. The molecule has 0 aliphatic heterocycles. The summed E-state index contributed by atoms with van der Waals surface area (Å²) in [5.74, 6) is -0.531. The molecule has 90 valence electrons. The van der Waals surface area contributed by atoms with E-state index in [1.54, 1.807) is 6.20 Å². The van der Waals surface area contributed by atoms with Crippen LogP contribution in [-0.2, 0) is 20.8 Å². The first-order chi connectivity index (χ1) is 8.17. The number of carbonyl (C=O) groups excluding carboxylic acids is 3. The van der Waals surface area contributed by atoms with Gasteiger partial charge in [-0.2, -0.15) is 0 Å². The minimum atomic E-state index is -0.995. The van der Waals surface area contributed by atoms with Gasteiger partial charge >= 0.3 is 0 Å². The molecule has 0 saturated heterocycles. The number of nitrogens with two attached hydrogens (primary N) is 1. The van der Waals surface area contributed by atoms with Gasteiger partial charge in [-0.25, -0.2) is 4.98 Å². The lowest BCUT2D eigenvalue weighted by molar-refractivity contribution is -0.122. The Labute approximate surface area is 97.8 Å². The molecule has 0 saturated carbocycles. The number of rotatable bonds is 7. The number of nitrogens with one attached hydrogen (secondary N) is 2. The molecule has 0 fully saturated rings. The fourth-order valence-corrected chi connectivity index (χ4v) is 1.20. The van der Waals surface area contributed by atoms with E-state index < -0.39 is 18.0 Å². The van der Waals surface area contributed by atoms with Crippen molar-refractivity contribution in [3.8, 4) is 0 Å². The molecule has 0 aliphatic rings. The SMILES string of the molecule is NC(Cc1c[nH]cn1)C(=O)NC([C]=O)C[C]=O. The summed E-state index contributed by atoms with van der Waals surface area (Å²) in [6, 6.07) is -1.83. The maximum atomic E-state index is 11.5. The normalized spacial score (nSPS) is 13.7. The summed E-state index contributed by atoms with van der Waals surface area (Å²) >= 11 is 0. The van der Waals surface area contributed by atoms with Gasteiger partial charge in [-0.15, -0.1) is 0 Å². The minimum absolute atomic E-state index is 0.232. The van der Waals surface area contributed by atoms with Crippen molar-refractivity contribution in [3.05, 3.63) is 18.2 Å². The first-order valence-electron chi connectivity index (χ1n) is 4.93. The van der Waals surface area contributed by atoms with Crippen molar-refractivity contribution in [1.82, 2.24) is 15.3 Å². The Balaban J connectivity index is 2.45. The highest BCUT2D eigenvalue weighted by Crippen LogP contribution is 1.97. The van der Waals surface area contributed by atoms with Crippen LogP contribution in [0.4, 0.5) is 0 Å². The Morgan fingerprint density at radius 3 is 2.88 bits per heavy atom. The maximum Gasteiger partial charge on any atom is 0.237 e. The molecule has 0 bridgehead atoms. The molecular weight excluding hydrogens is 224 g/mol. The molecule has 2 radical (unpaired) electrons. The monoisotopic (exact) mass is 236 g/mol. The molecule has 1 aromatic heterocycles. The van der Waals surface area contributed by atoms with Gasteiger partial charge in [0.15, 0.2) is 0 Å². The van der Waals surface area contributed by atoms with Crippen molar-refractivity contribution in [2.75, 3.05) is 0 Å². The second-order valence-electron chi connectivity index (χ2n) is 3.40. The predicted molar refractivity (Wildman–Crippen MR) is 58.2 cm³/mol. The summed E-state index contributed by atoms with van der Waals surface area (Å²) in [7, 11) is 0. The zero-order chi connectivity index (χ0) is 12.7. The maximum absolute atomic E-state index is 11.5. The van der Waals surface area contributed by atoms with Gasteiger partial charge in [0.2, 0.25) is 18.5 Å². The van der Waals surface area contributed by atoms with Crippen molar-refractivity contribution >= 4 is 18.5 Å². The largest absolute Gasteiger partial charge is 0.351 e. The smallest absolute Gasteiger partial charge is 0.237 e. The van der Waals surface area contributed by atoms with Crippen LogP contribution >= 0.6 is 0 Å². The molecule has 1 heterocycles. The van der Waals surface area contributed by atoms with Crippen molar-refractivity contribution in [2.24, 2.45) is 5.73 Å². The van der Waals surface area contributed by atoms with E-state index in [2.05, 4.69) is 15.3 Å². The van der Waals surface area contributed by atoms with Crippen LogP contribution in [0.15, 0.2) is 12.5 Å². The third-order valence-electron chi connectivity index (χ3n) is 2.07. The zero-order valence-corrected chi connectivity index (χ0v) is 8.97. The van der Waals surface area contributed by atoms with Crippen molar-refractivity contribution < 1.29 is 14.4 Å². The summed E-state index contributed by atoms with van der Waals surface area (Å²) in [6.45, 7) is 0. The third kappa shape index (κ3) is 4.15. The van der Waals surface area contributed by atoms with Crippen LogP contribution in [0.3, 0.4) is 0 Å². The van der Waals surface area contributed by atoms with Gasteiger partial charge in [0, 0.05) is 19.0 Å². The third-order valence-corrected chi connectivity index (χ3v) is 2.07. The van der Waals surface area contributed by atoms with Gasteiger partial charge in [0.1, 0.15) is 6.04 Å². The molecule has 2 atom stereocenters. The first-order valence-corrected chi connectivity index (χ1v) is 4.93. The molecule has 0 aliphatic carbocycles. The highest BCUT2D eigenvalue weighted by atomic mass is 16.2. The predicted octanol–water partition coefficient (Wildman–Crippen LogP) is -1.63. The van der Waals surface area contributed by atoms with Crippen LogP contribution in [-0.4, -0.2) is 40.5 Å². The highest BCUT2D eigenvalue weighted by Gasteiger charge is 2.19. The quantitative estimate of drug-likeness (QED) is 0.525. The average Bonchev–Trinajstić information content (AvgIpc) is 2.81. The summed E-state index contributed by atoms with van der Waals surface area (Å²) in [6.07, 6.45) is 6.16. The molecule has 0 spiro atoms. The van der Waals surface area contributed by atoms with E-state index in [0.29, 0.717) is 5.69 Å². The summed E-state index contributed by atoms with van der Waals surface area (Å²) in [4.78, 5) is 38.7. The lowest BCUT2D eigenvalue weighted by Crippen LogP contribution is -2.47. The summed E-state index contributed by atoms with van der Waals surface area (Å²) in [5, 5.41) is 2.29.